The molecule has 3 aromatic rings. The largest absolute Gasteiger partial charge is 0.493 e. The summed E-state index contributed by atoms with van der Waals surface area (Å²) in [5.41, 5.74) is 3.37. The van der Waals surface area contributed by atoms with Gasteiger partial charge in [0, 0.05) is 24.7 Å². The van der Waals surface area contributed by atoms with Gasteiger partial charge in [0.15, 0.2) is 5.13 Å². The minimum absolute atomic E-state index is 0.122. The van der Waals surface area contributed by atoms with Crippen LogP contribution in [0.4, 0.5) is 10.8 Å². The van der Waals surface area contributed by atoms with E-state index in [0.717, 1.165) is 52.0 Å². The summed E-state index contributed by atoms with van der Waals surface area (Å²) in [6.07, 6.45) is 0.851. The average Bonchev–Trinajstić information content (AvgIpc) is 3.25. The molecular formula is C20H19N3O3S. The predicted molar refractivity (Wildman–Crippen MR) is 106 cm³/mol. The summed E-state index contributed by atoms with van der Waals surface area (Å²) in [5, 5.41) is 3.95. The number of fused-ring (bicyclic) bond motifs is 2. The van der Waals surface area contributed by atoms with Gasteiger partial charge in [-0.2, -0.15) is 0 Å². The quantitative estimate of drug-likeness (QED) is 0.751. The topological polar surface area (TPSA) is 63.7 Å². The fourth-order valence-corrected chi connectivity index (χ4v) is 4.26. The van der Waals surface area contributed by atoms with Gasteiger partial charge in [0.05, 0.1) is 36.1 Å². The number of benzene rings is 2. The molecule has 138 valence electrons. The first-order chi connectivity index (χ1) is 13.2. The van der Waals surface area contributed by atoms with E-state index >= 15 is 0 Å². The molecule has 0 unspecified atom stereocenters. The van der Waals surface area contributed by atoms with Crippen molar-refractivity contribution in [3.63, 3.8) is 0 Å². The van der Waals surface area contributed by atoms with Gasteiger partial charge in [-0.1, -0.05) is 11.3 Å². The van der Waals surface area contributed by atoms with Crippen LogP contribution in [0.1, 0.15) is 15.9 Å². The Balaban J connectivity index is 1.36. The molecule has 1 aromatic heterocycles. The van der Waals surface area contributed by atoms with Gasteiger partial charge >= 0.3 is 0 Å². The summed E-state index contributed by atoms with van der Waals surface area (Å²) in [6, 6.07) is 11.8. The molecule has 2 aliphatic rings. The number of amides is 1. The maximum Gasteiger partial charge on any atom is 0.255 e. The normalized spacial score (nSPS) is 15.9. The predicted octanol–water partition coefficient (Wildman–Crippen LogP) is 3.32. The maximum absolute atomic E-state index is 12.6. The van der Waals surface area contributed by atoms with Crippen LogP contribution < -0.4 is 15.0 Å². The maximum atomic E-state index is 12.6. The molecule has 7 heteroatoms. The van der Waals surface area contributed by atoms with Crippen LogP contribution in [0.15, 0.2) is 36.4 Å². The van der Waals surface area contributed by atoms with Crippen LogP contribution in [0.3, 0.4) is 0 Å². The van der Waals surface area contributed by atoms with Crippen molar-refractivity contribution in [2.75, 3.05) is 37.1 Å². The molecule has 1 fully saturated rings. The Hall–Kier alpha value is -2.64. The van der Waals surface area contributed by atoms with Crippen molar-refractivity contribution < 1.29 is 14.3 Å². The molecule has 0 radical (unpaired) electrons. The highest BCUT2D eigenvalue weighted by atomic mass is 32.1. The van der Waals surface area contributed by atoms with Crippen LogP contribution in [0, 0.1) is 0 Å². The molecule has 0 aliphatic carbocycles. The zero-order chi connectivity index (χ0) is 18.4. The summed E-state index contributed by atoms with van der Waals surface area (Å²) >= 11 is 1.65. The SMILES string of the molecule is CN(c1nc2cc(NC(=O)c3ccc4c(c3)CCO4)ccc2s1)C1COC1. The molecule has 1 N–H and O–H groups in total. The molecule has 1 saturated heterocycles. The fourth-order valence-electron chi connectivity index (χ4n) is 3.28. The number of ether oxygens (including phenoxy) is 2. The Labute approximate surface area is 160 Å². The lowest BCUT2D eigenvalue weighted by Crippen LogP contribution is -2.47. The number of carbonyl (C=O) groups is 1. The second kappa shape index (κ2) is 6.51. The molecular weight excluding hydrogens is 362 g/mol. The first-order valence-electron chi connectivity index (χ1n) is 8.95. The number of hydrogen-bond acceptors (Lipinski definition) is 6. The molecule has 2 aromatic carbocycles. The first-order valence-corrected chi connectivity index (χ1v) is 9.77. The number of thiazole rings is 1. The summed E-state index contributed by atoms with van der Waals surface area (Å²) < 4.78 is 11.9. The highest BCUT2D eigenvalue weighted by Crippen LogP contribution is 2.32. The molecule has 27 heavy (non-hydrogen) atoms. The number of carbonyl (C=O) groups excluding carboxylic acids is 1. The van der Waals surface area contributed by atoms with Crippen LogP contribution in [-0.4, -0.2) is 43.8 Å². The highest BCUT2D eigenvalue weighted by Gasteiger charge is 2.25. The lowest BCUT2D eigenvalue weighted by molar-refractivity contribution is 0.0101. The lowest BCUT2D eigenvalue weighted by Gasteiger charge is -2.34. The molecule has 3 heterocycles. The Morgan fingerprint density at radius 3 is 2.96 bits per heavy atom. The second-order valence-electron chi connectivity index (χ2n) is 6.86. The van der Waals surface area contributed by atoms with Crippen molar-refractivity contribution in [1.29, 1.82) is 0 Å². The number of nitrogens with zero attached hydrogens (tertiary/aromatic N) is 2. The molecule has 0 saturated carbocycles. The standard InChI is InChI=1S/C20H19N3O3S/c1-23(15-10-25-11-15)20-22-16-9-14(3-5-18(16)27-20)21-19(24)13-2-4-17-12(8-13)6-7-26-17/h2-5,8-9,15H,6-7,10-11H2,1H3,(H,21,24). The van der Waals surface area contributed by atoms with E-state index in [1.54, 1.807) is 17.4 Å². The molecule has 6 nitrogen and oxygen atoms in total. The van der Waals surface area contributed by atoms with Crippen LogP contribution in [0.5, 0.6) is 5.75 Å². The van der Waals surface area contributed by atoms with Crippen molar-refractivity contribution in [3.05, 3.63) is 47.5 Å². The zero-order valence-electron chi connectivity index (χ0n) is 14.9. The van der Waals surface area contributed by atoms with E-state index in [-0.39, 0.29) is 5.91 Å². The number of nitrogens with one attached hydrogen (secondary N) is 1. The van der Waals surface area contributed by atoms with Gasteiger partial charge in [-0.15, -0.1) is 0 Å². The zero-order valence-corrected chi connectivity index (χ0v) is 15.7. The Morgan fingerprint density at radius 2 is 2.15 bits per heavy atom. The van der Waals surface area contributed by atoms with E-state index in [0.29, 0.717) is 18.2 Å². The first kappa shape index (κ1) is 16.5. The van der Waals surface area contributed by atoms with E-state index in [2.05, 4.69) is 10.2 Å². The van der Waals surface area contributed by atoms with Gasteiger partial charge in [0.1, 0.15) is 5.75 Å². The van der Waals surface area contributed by atoms with E-state index in [1.165, 1.54) is 0 Å². The van der Waals surface area contributed by atoms with Crippen LogP contribution in [0.25, 0.3) is 10.2 Å². The highest BCUT2D eigenvalue weighted by molar-refractivity contribution is 7.22. The number of anilines is 2. The average molecular weight is 381 g/mol. The summed E-state index contributed by atoms with van der Waals surface area (Å²) in [7, 11) is 2.05. The molecule has 0 spiro atoms. The van der Waals surface area contributed by atoms with E-state index in [1.807, 2.05) is 37.4 Å². The Morgan fingerprint density at radius 1 is 1.26 bits per heavy atom. The molecule has 2 aliphatic heterocycles. The van der Waals surface area contributed by atoms with Crippen molar-refractivity contribution in [2.24, 2.45) is 0 Å². The third-order valence-electron chi connectivity index (χ3n) is 5.06. The molecule has 0 atom stereocenters. The van der Waals surface area contributed by atoms with Gasteiger partial charge in [-0.05, 0) is 42.0 Å². The van der Waals surface area contributed by atoms with Crippen molar-refractivity contribution in [3.8, 4) is 5.75 Å². The third-order valence-corrected chi connectivity index (χ3v) is 6.18. The molecule has 5 rings (SSSR count). The van der Waals surface area contributed by atoms with Crippen molar-refractivity contribution in [1.82, 2.24) is 4.98 Å². The Kier molecular flexibility index (Phi) is 3.98. The minimum Gasteiger partial charge on any atom is -0.493 e. The summed E-state index contributed by atoms with van der Waals surface area (Å²) in [5.74, 6) is 0.757. The Bertz CT molecular complexity index is 1030. The van der Waals surface area contributed by atoms with Gasteiger partial charge in [0.2, 0.25) is 0 Å². The van der Waals surface area contributed by atoms with Gasteiger partial charge in [-0.25, -0.2) is 4.98 Å². The van der Waals surface area contributed by atoms with E-state index in [4.69, 9.17) is 14.5 Å². The van der Waals surface area contributed by atoms with E-state index in [9.17, 15) is 4.79 Å². The van der Waals surface area contributed by atoms with Crippen LogP contribution in [-0.2, 0) is 11.2 Å². The smallest absolute Gasteiger partial charge is 0.255 e. The van der Waals surface area contributed by atoms with Crippen molar-refractivity contribution in [2.45, 2.75) is 12.5 Å². The van der Waals surface area contributed by atoms with Gasteiger partial charge in [0.25, 0.3) is 5.91 Å². The lowest BCUT2D eigenvalue weighted by atomic mass is 10.1. The minimum atomic E-state index is -0.122. The van der Waals surface area contributed by atoms with Crippen molar-refractivity contribution >= 4 is 38.3 Å². The number of hydrogen-bond donors (Lipinski definition) is 1. The molecule has 1 amide bonds. The fraction of sp³-hybridized carbons (Fsp3) is 0.300. The van der Waals surface area contributed by atoms with Gasteiger partial charge < -0.3 is 19.7 Å². The number of aromatic nitrogens is 1. The van der Waals surface area contributed by atoms with Crippen LogP contribution in [0.2, 0.25) is 0 Å². The number of rotatable bonds is 4. The second-order valence-corrected chi connectivity index (χ2v) is 7.87. The monoisotopic (exact) mass is 381 g/mol. The third kappa shape index (κ3) is 3.02. The summed E-state index contributed by atoms with van der Waals surface area (Å²) in [4.78, 5) is 19.5. The van der Waals surface area contributed by atoms with E-state index < -0.39 is 0 Å². The number of likely N-dealkylation sites (N-methyl/N-ethyl adjacent to an activating group) is 1. The van der Waals surface area contributed by atoms with Gasteiger partial charge in [-0.3, -0.25) is 4.79 Å². The molecule has 0 bridgehead atoms. The van der Waals surface area contributed by atoms with Crippen LogP contribution >= 0.6 is 11.3 Å². The summed E-state index contributed by atoms with van der Waals surface area (Å²) in [6.45, 7) is 2.18.